The van der Waals surface area contributed by atoms with Crippen LogP contribution in [0.3, 0.4) is 0 Å². The average molecular weight is 274 g/mol. The van der Waals surface area contributed by atoms with Crippen LogP contribution in [0.2, 0.25) is 0 Å². The van der Waals surface area contributed by atoms with Crippen LogP contribution in [0, 0.1) is 5.41 Å². The molecule has 19 heavy (non-hydrogen) atoms. The molecule has 0 aliphatic rings. The summed E-state index contributed by atoms with van der Waals surface area (Å²) in [5.41, 5.74) is 5.70. The number of hydrogen-bond donors (Lipinski definition) is 1. The first kappa shape index (κ1) is 16.0. The Labute approximate surface area is 113 Å². The molecule has 0 fully saturated rings. The molecule has 0 spiro atoms. The van der Waals surface area contributed by atoms with E-state index in [9.17, 15) is 8.78 Å². The zero-order chi connectivity index (χ0) is 14.5. The van der Waals surface area contributed by atoms with Crippen molar-refractivity contribution in [2.45, 2.75) is 40.3 Å². The van der Waals surface area contributed by atoms with Gasteiger partial charge in [0.25, 0.3) is 0 Å². The predicted molar refractivity (Wildman–Crippen MR) is 71.9 cm³/mol. The van der Waals surface area contributed by atoms with Crippen molar-refractivity contribution in [2.24, 2.45) is 11.1 Å². The standard InChI is InChI=1S/C13H24F2N4/c1-4-6-18(10-13(2,3)9-16)8-11-17-5-7-19(11)12(14)15/h5,7,12H,4,6,8-10,16H2,1-3H3. The van der Waals surface area contributed by atoms with Crippen LogP contribution in [0.1, 0.15) is 39.6 Å². The summed E-state index contributed by atoms with van der Waals surface area (Å²) >= 11 is 0. The van der Waals surface area contributed by atoms with Gasteiger partial charge in [-0.25, -0.2) is 4.98 Å². The Morgan fingerprint density at radius 2 is 2.16 bits per heavy atom. The third-order valence-corrected chi connectivity index (χ3v) is 3.07. The fourth-order valence-corrected chi connectivity index (χ4v) is 2.04. The van der Waals surface area contributed by atoms with E-state index in [4.69, 9.17) is 5.73 Å². The largest absolute Gasteiger partial charge is 0.330 e. The van der Waals surface area contributed by atoms with Crippen molar-refractivity contribution in [3.05, 3.63) is 18.2 Å². The number of hydrogen-bond acceptors (Lipinski definition) is 3. The second kappa shape index (κ2) is 6.96. The first-order valence-electron chi connectivity index (χ1n) is 6.62. The molecule has 0 radical (unpaired) electrons. The van der Waals surface area contributed by atoms with E-state index >= 15 is 0 Å². The van der Waals surface area contributed by atoms with Gasteiger partial charge in [-0.1, -0.05) is 20.8 Å². The highest BCUT2D eigenvalue weighted by atomic mass is 19.3. The molecule has 0 aliphatic carbocycles. The normalized spacial score (nSPS) is 12.6. The van der Waals surface area contributed by atoms with E-state index in [0.717, 1.165) is 24.1 Å². The van der Waals surface area contributed by atoms with Crippen LogP contribution in [0.5, 0.6) is 0 Å². The lowest BCUT2D eigenvalue weighted by Gasteiger charge is -2.31. The molecular weight excluding hydrogens is 250 g/mol. The maximum atomic E-state index is 12.8. The molecule has 0 saturated carbocycles. The van der Waals surface area contributed by atoms with E-state index in [0.29, 0.717) is 18.9 Å². The zero-order valence-corrected chi connectivity index (χ0v) is 11.9. The van der Waals surface area contributed by atoms with Crippen LogP contribution in [-0.4, -0.2) is 34.1 Å². The number of alkyl halides is 2. The highest BCUT2D eigenvalue weighted by molar-refractivity contribution is 4.93. The van der Waals surface area contributed by atoms with Crippen LogP contribution in [0.15, 0.2) is 12.4 Å². The smallest absolute Gasteiger partial charge is 0.319 e. The number of aromatic nitrogens is 2. The summed E-state index contributed by atoms with van der Waals surface area (Å²) in [5, 5.41) is 0. The summed E-state index contributed by atoms with van der Waals surface area (Å²) < 4.78 is 26.5. The third-order valence-electron chi connectivity index (χ3n) is 3.07. The number of halogens is 2. The van der Waals surface area contributed by atoms with Crippen molar-refractivity contribution in [1.82, 2.24) is 14.5 Å². The Morgan fingerprint density at radius 1 is 1.47 bits per heavy atom. The van der Waals surface area contributed by atoms with Crippen molar-refractivity contribution in [3.8, 4) is 0 Å². The summed E-state index contributed by atoms with van der Waals surface area (Å²) in [5.74, 6) is 0.399. The molecule has 0 bridgehead atoms. The van der Waals surface area contributed by atoms with E-state index in [2.05, 4.69) is 30.7 Å². The summed E-state index contributed by atoms with van der Waals surface area (Å²) in [6, 6.07) is 0. The summed E-state index contributed by atoms with van der Waals surface area (Å²) in [4.78, 5) is 6.16. The maximum Gasteiger partial charge on any atom is 0.319 e. The minimum atomic E-state index is -2.54. The van der Waals surface area contributed by atoms with Gasteiger partial charge in [0.15, 0.2) is 0 Å². The van der Waals surface area contributed by atoms with Gasteiger partial charge in [0.2, 0.25) is 0 Å². The van der Waals surface area contributed by atoms with Crippen LogP contribution >= 0.6 is 0 Å². The molecule has 0 atom stereocenters. The first-order chi connectivity index (χ1) is 8.89. The fourth-order valence-electron chi connectivity index (χ4n) is 2.04. The molecule has 110 valence electrons. The van der Waals surface area contributed by atoms with Gasteiger partial charge in [0.05, 0.1) is 6.54 Å². The van der Waals surface area contributed by atoms with Crippen LogP contribution in [0.25, 0.3) is 0 Å². The monoisotopic (exact) mass is 274 g/mol. The van der Waals surface area contributed by atoms with E-state index in [1.807, 2.05) is 0 Å². The fraction of sp³-hybridized carbons (Fsp3) is 0.769. The van der Waals surface area contributed by atoms with Crippen molar-refractivity contribution < 1.29 is 8.78 Å². The van der Waals surface area contributed by atoms with Gasteiger partial charge in [-0.3, -0.25) is 9.47 Å². The van der Waals surface area contributed by atoms with E-state index < -0.39 is 6.55 Å². The summed E-state index contributed by atoms with van der Waals surface area (Å²) in [7, 11) is 0. The molecule has 0 saturated heterocycles. The third kappa shape index (κ3) is 4.87. The van der Waals surface area contributed by atoms with Gasteiger partial charge in [-0.15, -0.1) is 0 Å². The molecule has 2 N–H and O–H groups in total. The predicted octanol–water partition coefficient (Wildman–Crippen LogP) is 2.48. The topological polar surface area (TPSA) is 47.1 Å². The Bertz CT molecular complexity index is 376. The molecule has 0 unspecified atom stereocenters. The Hall–Kier alpha value is -1.01. The summed E-state index contributed by atoms with van der Waals surface area (Å²) in [6.07, 6.45) is 3.70. The van der Waals surface area contributed by atoms with Crippen molar-refractivity contribution in [3.63, 3.8) is 0 Å². The maximum absolute atomic E-state index is 12.8. The molecular formula is C13H24F2N4. The van der Waals surface area contributed by atoms with Gasteiger partial charge in [-0.05, 0) is 24.9 Å². The lowest BCUT2D eigenvalue weighted by atomic mass is 9.93. The lowest BCUT2D eigenvalue weighted by Crippen LogP contribution is -2.39. The number of nitrogens with zero attached hydrogens (tertiary/aromatic N) is 3. The van der Waals surface area contributed by atoms with Crippen LogP contribution < -0.4 is 5.73 Å². The van der Waals surface area contributed by atoms with E-state index in [1.54, 1.807) is 0 Å². The van der Waals surface area contributed by atoms with E-state index in [1.165, 1.54) is 12.4 Å². The minimum Gasteiger partial charge on any atom is -0.330 e. The lowest BCUT2D eigenvalue weighted by molar-refractivity contribution is 0.0624. The molecule has 1 aromatic heterocycles. The van der Waals surface area contributed by atoms with Gasteiger partial charge in [0.1, 0.15) is 5.82 Å². The Kier molecular flexibility index (Phi) is 5.87. The summed E-state index contributed by atoms with van der Waals surface area (Å²) in [6.45, 7) is 6.30. The molecule has 0 aliphatic heterocycles. The molecule has 1 rings (SSSR count). The molecule has 4 nitrogen and oxygen atoms in total. The van der Waals surface area contributed by atoms with Crippen molar-refractivity contribution in [2.75, 3.05) is 19.6 Å². The highest BCUT2D eigenvalue weighted by Crippen LogP contribution is 2.19. The number of rotatable bonds is 8. The molecule has 6 heteroatoms. The second-order valence-electron chi connectivity index (χ2n) is 5.61. The van der Waals surface area contributed by atoms with Gasteiger partial charge >= 0.3 is 6.55 Å². The number of imidazole rings is 1. The molecule has 1 aromatic rings. The highest BCUT2D eigenvalue weighted by Gasteiger charge is 2.22. The van der Waals surface area contributed by atoms with E-state index in [-0.39, 0.29) is 5.41 Å². The molecule has 1 heterocycles. The minimum absolute atomic E-state index is 0.0303. The molecule has 0 aromatic carbocycles. The first-order valence-corrected chi connectivity index (χ1v) is 6.62. The SMILES string of the molecule is CCCN(Cc1nccn1C(F)F)CC(C)(C)CN. The van der Waals surface area contributed by atoms with Gasteiger partial charge in [-0.2, -0.15) is 8.78 Å². The van der Waals surface area contributed by atoms with Gasteiger partial charge < -0.3 is 5.73 Å². The zero-order valence-electron chi connectivity index (χ0n) is 11.9. The molecule has 0 amide bonds. The number of nitrogens with two attached hydrogens (primary N) is 1. The van der Waals surface area contributed by atoms with Crippen LogP contribution in [-0.2, 0) is 6.54 Å². The Morgan fingerprint density at radius 3 is 2.68 bits per heavy atom. The quantitative estimate of drug-likeness (QED) is 0.792. The van der Waals surface area contributed by atoms with Gasteiger partial charge in [0, 0.05) is 18.9 Å². The second-order valence-corrected chi connectivity index (χ2v) is 5.61. The van der Waals surface area contributed by atoms with Crippen molar-refractivity contribution in [1.29, 1.82) is 0 Å². The average Bonchev–Trinajstić information content (AvgIpc) is 2.77. The Balaban J connectivity index is 2.75. The van der Waals surface area contributed by atoms with Crippen LogP contribution in [0.4, 0.5) is 8.78 Å². The van der Waals surface area contributed by atoms with Crippen molar-refractivity contribution >= 4 is 0 Å².